The molecule has 5 nitrogen and oxygen atoms in total. The number of carbonyl (C=O) groups excluding carboxylic acids is 2. The lowest BCUT2D eigenvalue weighted by Crippen LogP contribution is -2.50. The fraction of sp³-hybridized carbons (Fsp3) is 0.333. The fourth-order valence-corrected chi connectivity index (χ4v) is 3.86. The van der Waals surface area contributed by atoms with E-state index in [2.05, 4.69) is 5.32 Å². The molecule has 1 aliphatic rings. The number of nitrogens with one attached hydrogen (secondary N) is 1. The number of piperazine rings is 1. The SMILES string of the molecule is O=C(CN1CCN(C(=O)c2ccc(SC(F)(F)F)cc2)CC1)Nc1ccccc1C(F)(F)F. The predicted molar refractivity (Wildman–Crippen MR) is 111 cm³/mol. The van der Waals surface area contributed by atoms with Gasteiger partial charge < -0.3 is 10.2 Å². The molecule has 0 bridgehead atoms. The second-order valence-corrected chi connectivity index (χ2v) is 8.37. The van der Waals surface area contributed by atoms with Crippen molar-refractivity contribution in [3.63, 3.8) is 0 Å². The van der Waals surface area contributed by atoms with E-state index in [0.29, 0.717) is 13.1 Å². The zero-order valence-corrected chi connectivity index (χ0v) is 17.9. The number of amides is 2. The summed E-state index contributed by atoms with van der Waals surface area (Å²) in [6.45, 7) is 1.04. The van der Waals surface area contributed by atoms with Crippen LogP contribution in [0.2, 0.25) is 0 Å². The first-order valence-corrected chi connectivity index (χ1v) is 10.6. The second kappa shape index (κ2) is 10.0. The zero-order valence-electron chi connectivity index (χ0n) is 17.0. The molecule has 0 aromatic heterocycles. The maximum atomic E-state index is 13.1. The minimum absolute atomic E-state index is 0.0259. The summed E-state index contributed by atoms with van der Waals surface area (Å²) in [4.78, 5) is 28.0. The van der Waals surface area contributed by atoms with Gasteiger partial charge in [0.1, 0.15) is 0 Å². The Morgan fingerprint density at radius 2 is 1.48 bits per heavy atom. The molecule has 0 atom stereocenters. The maximum Gasteiger partial charge on any atom is 0.446 e. The smallest absolute Gasteiger partial charge is 0.336 e. The molecule has 0 radical (unpaired) electrons. The quantitative estimate of drug-likeness (QED) is 0.486. The van der Waals surface area contributed by atoms with Gasteiger partial charge in [0.2, 0.25) is 5.91 Å². The van der Waals surface area contributed by atoms with Crippen LogP contribution in [0.1, 0.15) is 15.9 Å². The van der Waals surface area contributed by atoms with E-state index in [-0.39, 0.29) is 53.4 Å². The van der Waals surface area contributed by atoms with Crippen LogP contribution in [-0.2, 0) is 11.0 Å². The lowest BCUT2D eigenvalue weighted by molar-refractivity contribution is -0.137. The molecule has 1 aliphatic heterocycles. The minimum atomic E-state index is -4.60. The van der Waals surface area contributed by atoms with E-state index in [1.807, 2.05) is 0 Å². The first-order valence-electron chi connectivity index (χ1n) is 9.76. The average Bonchev–Trinajstić information content (AvgIpc) is 2.73. The Labute approximate surface area is 189 Å². The number of thioether (sulfide) groups is 1. The summed E-state index contributed by atoms with van der Waals surface area (Å²) in [5.41, 5.74) is -5.43. The van der Waals surface area contributed by atoms with Gasteiger partial charge in [-0.2, -0.15) is 26.3 Å². The Hall–Kier alpha value is -2.73. The Morgan fingerprint density at radius 1 is 0.879 bits per heavy atom. The number of para-hydroxylation sites is 1. The summed E-state index contributed by atoms with van der Waals surface area (Å²) in [7, 11) is 0. The largest absolute Gasteiger partial charge is 0.446 e. The van der Waals surface area contributed by atoms with Gasteiger partial charge in [-0.25, -0.2) is 0 Å². The summed E-state index contributed by atoms with van der Waals surface area (Å²) in [5.74, 6) is -0.953. The van der Waals surface area contributed by atoms with Crippen LogP contribution in [0.5, 0.6) is 0 Å². The van der Waals surface area contributed by atoms with Gasteiger partial charge >= 0.3 is 11.7 Å². The number of hydrogen-bond acceptors (Lipinski definition) is 4. The standard InChI is InChI=1S/C21H19F6N3O2S/c22-20(23,24)16-3-1-2-4-17(16)28-18(31)13-29-9-11-30(12-10-29)19(32)14-5-7-15(8-6-14)33-21(25,26)27/h1-8H,9-13H2,(H,28,31). The van der Waals surface area contributed by atoms with Gasteiger partial charge in [-0.05, 0) is 48.2 Å². The third-order valence-corrected chi connectivity index (χ3v) is 5.61. The normalized spacial score (nSPS) is 15.4. The Morgan fingerprint density at radius 3 is 2.06 bits per heavy atom. The monoisotopic (exact) mass is 491 g/mol. The van der Waals surface area contributed by atoms with E-state index < -0.39 is 23.2 Å². The van der Waals surface area contributed by atoms with Crippen molar-refractivity contribution >= 4 is 29.3 Å². The van der Waals surface area contributed by atoms with Gasteiger partial charge in [0.25, 0.3) is 5.91 Å². The van der Waals surface area contributed by atoms with Crippen molar-refractivity contribution in [2.75, 3.05) is 38.0 Å². The molecule has 2 aromatic rings. The molecule has 178 valence electrons. The van der Waals surface area contributed by atoms with Crippen LogP contribution in [0.25, 0.3) is 0 Å². The Balaban J connectivity index is 1.51. The third-order valence-electron chi connectivity index (χ3n) is 4.87. The van der Waals surface area contributed by atoms with Crippen LogP contribution in [0.15, 0.2) is 53.4 Å². The first kappa shape index (κ1) is 24.9. The molecule has 1 N–H and O–H groups in total. The lowest BCUT2D eigenvalue weighted by Gasteiger charge is -2.34. The van der Waals surface area contributed by atoms with Crippen molar-refractivity contribution in [3.05, 3.63) is 59.7 Å². The number of hydrogen-bond donors (Lipinski definition) is 1. The molecule has 33 heavy (non-hydrogen) atoms. The van der Waals surface area contributed by atoms with Crippen LogP contribution in [0.4, 0.5) is 32.0 Å². The van der Waals surface area contributed by atoms with Gasteiger partial charge in [0.15, 0.2) is 0 Å². The fourth-order valence-electron chi connectivity index (χ4n) is 3.32. The van der Waals surface area contributed by atoms with E-state index >= 15 is 0 Å². The van der Waals surface area contributed by atoms with E-state index in [1.165, 1.54) is 47.4 Å². The van der Waals surface area contributed by atoms with Crippen molar-refractivity contribution in [1.29, 1.82) is 0 Å². The summed E-state index contributed by atoms with van der Waals surface area (Å²) < 4.78 is 76.4. The molecule has 1 heterocycles. The molecule has 0 unspecified atom stereocenters. The lowest BCUT2D eigenvalue weighted by atomic mass is 10.1. The van der Waals surface area contributed by atoms with Crippen molar-refractivity contribution in [1.82, 2.24) is 9.80 Å². The van der Waals surface area contributed by atoms with Crippen molar-refractivity contribution in [2.24, 2.45) is 0 Å². The highest BCUT2D eigenvalue weighted by Gasteiger charge is 2.34. The topological polar surface area (TPSA) is 52.7 Å². The number of alkyl halides is 6. The number of benzene rings is 2. The van der Waals surface area contributed by atoms with E-state index in [9.17, 15) is 35.9 Å². The highest BCUT2D eigenvalue weighted by Crippen LogP contribution is 2.37. The Bertz CT molecular complexity index is 987. The number of carbonyl (C=O) groups is 2. The van der Waals surface area contributed by atoms with Gasteiger partial charge in [0.05, 0.1) is 17.8 Å². The van der Waals surface area contributed by atoms with Crippen LogP contribution in [0.3, 0.4) is 0 Å². The van der Waals surface area contributed by atoms with E-state index in [4.69, 9.17) is 0 Å². The number of anilines is 1. The zero-order chi connectivity index (χ0) is 24.2. The van der Waals surface area contributed by atoms with Crippen LogP contribution in [-0.4, -0.2) is 59.8 Å². The highest BCUT2D eigenvalue weighted by atomic mass is 32.2. The number of halogens is 6. The molecule has 0 saturated carbocycles. The van der Waals surface area contributed by atoms with Crippen molar-refractivity contribution in [2.45, 2.75) is 16.6 Å². The van der Waals surface area contributed by atoms with Gasteiger partial charge in [-0.3, -0.25) is 14.5 Å². The van der Waals surface area contributed by atoms with Crippen LogP contribution >= 0.6 is 11.8 Å². The van der Waals surface area contributed by atoms with Gasteiger partial charge in [-0.15, -0.1) is 0 Å². The van der Waals surface area contributed by atoms with Crippen LogP contribution in [0, 0.1) is 0 Å². The predicted octanol–water partition coefficient (Wildman–Crippen LogP) is 4.71. The van der Waals surface area contributed by atoms with E-state index in [0.717, 1.165) is 6.07 Å². The van der Waals surface area contributed by atoms with Crippen molar-refractivity contribution < 1.29 is 35.9 Å². The molecule has 12 heteroatoms. The first-order chi connectivity index (χ1) is 15.4. The van der Waals surface area contributed by atoms with Crippen molar-refractivity contribution in [3.8, 4) is 0 Å². The molecule has 2 aromatic carbocycles. The molecule has 3 rings (SSSR count). The molecular weight excluding hydrogens is 472 g/mol. The third kappa shape index (κ3) is 7.13. The molecule has 1 fully saturated rings. The molecule has 0 aliphatic carbocycles. The summed E-state index contributed by atoms with van der Waals surface area (Å²) in [5, 5.41) is 2.28. The van der Waals surface area contributed by atoms with Crippen LogP contribution < -0.4 is 5.32 Å². The molecule has 0 spiro atoms. The minimum Gasteiger partial charge on any atom is -0.336 e. The number of nitrogens with zero attached hydrogens (tertiary/aromatic N) is 2. The summed E-state index contributed by atoms with van der Waals surface area (Å²) in [6.07, 6.45) is -4.60. The Kier molecular flexibility index (Phi) is 7.58. The van der Waals surface area contributed by atoms with Gasteiger partial charge in [0, 0.05) is 36.6 Å². The number of rotatable bonds is 5. The van der Waals surface area contributed by atoms with Gasteiger partial charge in [-0.1, -0.05) is 12.1 Å². The summed E-state index contributed by atoms with van der Waals surface area (Å²) in [6, 6.07) is 9.79. The maximum absolute atomic E-state index is 13.1. The highest BCUT2D eigenvalue weighted by molar-refractivity contribution is 8.00. The van der Waals surface area contributed by atoms with E-state index in [1.54, 1.807) is 4.90 Å². The second-order valence-electron chi connectivity index (χ2n) is 7.23. The molecule has 2 amide bonds. The molecular formula is C21H19F6N3O2S. The average molecular weight is 491 g/mol. The summed E-state index contributed by atoms with van der Waals surface area (Å²) >= 11 is -0.267. The molecule has 1 saturated heterocycles.